The highest BCUT2D eigenvalue weighted by atomic mass is 32.2. The maximum atomic E-state index is 11.8. The summed E-state index contributed by atoms with van der Waals surface area (Å²) < 4.78 is 52.6. The van der Waals surface area contributed by atoms with E-state index >= 15 is 0 Å². The lowest BCUT2D eigenvalue weighted by Crippen LogP contribution is -2.29. The quantitative estimate of drug-likeness (QED) is 0.166. The molecule has 0 unspecified atom stereocenters. The number of benzene rings is 4. The Hall–Kier alpha value is -6.50. The lowest BCUT2D eigenvalue weighted by molar-refractivity contribution is -0.118. The Balaban J connectivity index is 0.000000194. The lowest BCUT2D eigenvalue weighted by atomic mass is 9.99. The van der Waals surface area contributed by atoms with Crippen LogP contribution in [0, 0.1) is 22.7 Å². The normalized spacial score (nSPS) is 15.6. The number of hydrogen-bond donors (Lipinski definition) is 6. The van der Waals surface area contributed by atoms with Gasteiger partial charge in [0.05, 0.1) is 22.5 Å². The van der Waals surface area contributed by atoms with Gasteiger partial charge in [-0.2, -0.15) is 27.4 Å². The molecule has 256 valence electrons. The fourth-order valence-corrected chi connectivity index (χ4v) is 7.59. The molecule has 0 saturated carbocycles. The minimum absolute atomic E-state index is 0.0153. The average Bonchev–Trinajstić information content (AvgIpc) is 3.47. The molecule has 0 atom stereocenters. The van der Waals surface area contributed by atoms with Crippen molar-refractivity contribution in [3.05, 3.63) is 106 Å². The topological polar surface area (TPSA) is 261 Å². The van der Waals surface area contributed by atoms with Gasteiger partial charge in [-0.25, -0.2) is 18.1 Å². The van der Waals surface area contributed by atoms with Gasteiger partial charge in [-0.3, -0.25) is 9.59 Å². The van der Waals surface area contributed by atoms with Crippen LogP contribution in [0.3, 0.4) is 0 Å². The van der Waals surface area contributed by atoms with Crippen molar-refractivity contribution in [2.75, 3.05) is 21.7 Å². The molecule has 6 rings (SSSR count). The number of amides is 2. The van der Waals surface area contributed by atoms with Crippen LogP contribution in [0.5, 0.6) is 23.0 Å². The molecule has 4 aromatic carbocycles. The van der Waals surface area contributed by atoms with Crippen LogP contribution < -0.4 is 18.1 Å². The van der Waals surface area contributed by atoms with Crippen LogP contribution in [0.4, 0.5) is 11.4 Å². The van der Waals surface area contributed by atoms with Gasteiger partial charge in [0.1, 0.15) is 48.2 Å². The van der Waals surface area contributed by atoms with E-state index in [1.165, 1.54) is 36.4 Å². The van der Waals surface area contributed by atoms with Crippen LogP contribution in [0.1, 0.15) is 33.4 Å². The number of rotatable bonds is 6. The zero-order chi connectivity index (χ0) is 36.4. The molecular weight excluding hydrogens is 693 g/mol. The summed E-state index contributed by atoms with van der Waals surface area (Å²) >= 11 is 0. The van der Waals surface area contributed by atoms with Crippen LogP contribution in [0.25, 0.3) is 0 Å². The van der Waals surface area contributed by atoms with Gasteiger partial charge in [-0.15, -0.1) is 0 Å². The van der Waals surface area contributed by atoms with Gasteiger partial charge in [-0.1, -0.05) is 36.4 Å². The number of nitrogens with zero attached hydrogens (tertiary/aromatic N) is 4. The summed E-state index contributed by atoms with van der Waals surface area (Å²) in [4.78, 5) is 22.6. The Labute approximate surface area is 285 Å². The SMILES string of the molecule is N#Cc1c(O)cccc1Cc1ccc(N2CC(=O)NS2(=O)=O)c(O)c1.N#Cc1c(O)cccc1Cc1ccc(N2CC(=O)NS2(=O)=O)c(O)c1. The van der Waals surface area contributed by atoms with Crippen molar-refractivity contribution >= 4 is 43.6 Å². The summed E-state index contributed by atoms with van der Waals surface area (Å²) in [6.45, 7) is -0.805. The van der Waals surface area contributed by atoms with Crippen molar-refractivity contribution in [2.45, 2.75) is 12.8 Å². The molecular formula is C32H26N6O10S2. The third-order valence-corrected chi connectivity index (χ3v) is 10.3. The minimum Gasteiger partial charge on any atom is -0.507 e. The smallest absolute Gasteiger partial charge is 0.326 e. The first-order valence-electron chi connectivity index (χ1n) is 14.4. The Kier molecular flexibility index (Phi) is 9.44. The van der Waals surface area contributed by atoms with Gasteiger partial charge in [0, 0.05) is 0 Å². The van der Waals surface area contributed by atoms with Gasteiger partial charge in [-0.05, 0) is 71.5 Å². The predicted molar refractivity (Wildman–Crippen MR) is 176 cm³/mol. The number of carbonyl (C=O) groups is 2. The van der Waals surface area contributed by atoms with Crippen molar-refractivity contribution in [2.24, 2.45) is 0 Å². The van der Waals surface area contributed by atoms with E-state index in [0.717, 1.165) is 8.61 Å². The third kappa shape index (κ3) is 7.16. The lowest BCUT2D eigenvalue weighted by Gasteiger charge is -2.17. The Bertz CT molecular complexity index is 2190. The number of nitriles is 2. The molecule has 16 nitrogen and oxygen atoms in total. The van der Waals surface area contributed by atoms with Gasteiger partial charge in [0.15, 0.2) is 0 Å². The first kappa shape index (κ1) is 34.8. The summed E-state index contributed by atoms with van der Waals surface area (Å²) in [5.74, 6) is -2.24. The summed E-state index contributed by atoms with van der Waals surface area (Å²) in [5.41, 5.74) is 2.61. The molecule has 18 heteroatoms. The highest BCUT2D eigenvalue weighted by Gasteiger charge is 2.36. The van der Waals surface area contributed by atoms with E-state index in [0.29, 0.717) is 22.3 Å². The molecule has 0 aliphatic carbocycles. The zero-order valence-electron chi connectivity index (χ0n) is 25.6. The predicted octanol–water partition coefficient (Wildman–Crippen LogP) is 1.48. The van der Waals surface area contributed by atoms with E-state index in [2.05, 4.69) is 0 Å². The maximum Gasteiger partial charge on any atom is 0.326 e. The number of phenolic OH excluding ortho intramolecular Hbond substituents is 4. The summed E-state index contributed by atoms with van der Waals surface area (Å²) in [5, 5.41) is 58.0. The van der Waals surface area contributed by atoms with E-state index in [9.17, 15) is 46.9 Å². The fraction of sp³-hybridized carbons (Fsp3) is 0.125. The van der Waals surface area contributed by atoms with E-state index in [-0.39, 0.29) is 58.3 Å². The standard InChI is InChI=1S/2C16H13N3O5S/c2*17-8-12-11(2-1-3-14(12)20)6-10-4-5-13(15(21)7-10)19-9-16(22)18-25(19,23)24/h2*1-5,7,20-21H,6,9H2,(H,18,22). The molecule has 2 aliphatic heterocycles. The highest BCUT2D eigenvalue weighted by molar-refractivity contribution is 7.92. The van der Waals surface area contributed by atoms with Crippen LogP contribution in [-0.2, 0) is 42.8 Å². The number of aromatic hydroxyl groups is 4. The number of phenols is 4. The molecule has 2 saturated heterocycles. The van der Waals surface area contributed by atoms with Crippen molar-refractivity contribution in [1.29, 1.82) is 10.5 Å². The first-order valence-corrected chi connectivity index (χ1v) is 17.2. The molecule has 0 radical (unpaired) electrons. The first-order chi connectivity index (χ1) is 23.6. The summed E-state index contributed by atoms with van der Waals surface area (Å²) in [6.07, 6.45) is 0.518. The Morgan fingerprint density at radius 1 is 0.600 bits per heavy atom. The molecule has 2 aliphatic rings. The molecule has 6 N–H and O–H groups in total. The van der Waals surface area contributed by atoms with E-state index in [1.807, 2.05) is 21.6 Å². The van der Waals surface area contributed by atoms with Crippen molar-refractivity contribution in [3.8, 4) is 35.1 Å². The molecule has 2 heterocycles. The monoisotopic (exact) mass is 718 g/mol. The molecule has 0 spiro atoms. The van der Waals surface area contributed by atoms with Crippen LogP contribution in [-0.4, -0.2) is 62.2 Å². The van der Waals surface area contributed by atoms with Gasteiger partial charge in [0.2, 0.25) is 0 Å². The van der Waals surface area contributed by atoms with Gasteiger partial charge < -0.3 is 20.4 Å². The van der Waals surface area contributed by atoms with Crippen molar-refractivity contribution in [1.82, 2.24) is 9.44 Å². The number of nitrogens with one attached hydrogen (secondary N) is 2. The molecule has 4 aromatic rings. The molecule has 2 amide bonds. The van der Waals surface area contributed by atoms with Crippen LogP contribution in [0.15, 0.2) is 72.8 Å². The second-order valence-corrected chi connectivity index (χ2v) is 14.1. The number of hydrogen-bond acceptors (Lipinski definition) is 12. The van der Waals surface area contributed by atoms with Crippen LogP contribution in [0.2, 0.25) is 0 Å². The van der Waals surface area contributed by atoms with E-state index < -0.39 is 45.3 Å². The molecule has 50 heavy (non-hydrogen) atoms. The van der Waals surface area contributed by atoms with E-state index in [1.54, 1.807) is 36.4 Å². The Morgan fingerprint density at radius 2 is 0.980 bits per heavy atom. The fourth-order valence-electron chi connectivity index (χ4n) is 5.27. The number of anilines is 2. The largest absolute Gasteiger partial charge is 0.507 e. The maximum absolute atomic E-state index is 11.8. The summed E-state index contributed by atoms with van der Waals surface area (Å²) in [7, 11) is -8.00. The second kappa shape index (κ2) is 13.5. The second-order valence-electron chi connectivity index (χ2n) is 10.9. The van der Waals surface area contributed by atoms with Crippen molar-refractivity contribution < 1.29 is 46.9 Å². The number of carbonyl (C=O) groups excluding carboxylic acids is 2. The molecule has 0 aromatic heterocycles. The molecule has 2 fully saturated rings. The van der Waals surface area contributed by atoms with E-state index in [4.69, 9.17) is 10.5 Å². The van der Waals surface area contributed by atoms with Crippen LogP contribution >= 0.6 is 0 Å². The third-order valence-electron chi connectivity index (χ3n) is 7.53. The minimum atomic E-state index is -4.00. The zero-order valence-corrected chi connectivity index (χ0v) is 27.2. The van der Waals surface area contributed by atoms with Crippen molar-refractivity contribution in [3.63, 3.8) is 0 Å². The van der Waals surface area contributed by atoms with Gasteiger partial charge in [0.25, 0.3) is 11.8 Å². The molecule has 0 bridgehead atoms. The average molecular weight is 719 g/mol. The summed E-state index contributed by atoms with van der Waals surface area (Å²) in [6, 6.07) is 21.9. The highest BCUT2D eigenvalue weighted by Crippen LogP contribution is 2.34. The van der Waals surface area contributed by atoms with Gasteiger partial charge >= 0.3 is 20.4 Å². The Morgan fingerprint density at radius 3 is 1.28 bits per heavy atom.